The third-order valence-electron chi connectivity index (χ3n) is 6.63. The highest BCUT2D eigenvalue weighted by Crippen LogP contribution is 2.31. The number of anilines is 1. The Morgan fingerprint density at radius 1 is 1.00 bits per heavy atom. The summed E-state index contributed by atoms with van der Waals surface area (Å²) in [5.41, 5.74) is 2.82. The van der Waals surface area contributed by atoms with Gasteiger partial charge in [0.2, 0.25) is 10.0 Å². The zero-order valence-corrected chi connectivity index (χ0v) is 18.4. The highest BCUT2D eigenvalue weighted by atomic mass is 32.2. The van der Waals surface area contributed by atoms with Gasteiger partial charge in [-0.2, -0.15) is 9.40 Å². The summed E-state index contributed by atoms with van der Waals surface area (Å²) in [6.07, 6.45) is 5.45. The van der Waals surface area contributed by atoms with Crippen molar-refractivity contribution in [3.8, 4) is 5.69 Å². The topological polar surface area (TPSA) is 58.4 Å². The molecule has 1 unspecified atom stereocenters. The second-order valence-electron chi connectivity index (χ2n) is 8.63. The van der Waals surface area contributed by atoms with E-state index in [1.165, 1.54) is 12.1 Å². The number of benzene rings is 2. The molecule has 6 nitrogen and oxygen atoms in total. The Balaban J connectivity index is 1.36. The van der Waals surface area contributed by atoms with Crippen molar-refractivity contribution in [2.24, 2.45) is 0 Å². The first kappa shape index (κ1) is 20.5. The van der Waals surface area contributed by atoms with Crippen molar-refractivity contribution >= 4 is 26.6 Å². The van der Waals surface area contributed by atoms with Crippen LogP contribution in [0.2, 0.25) is 0 Å². The van der Waals surface area contributed by atoms with Gasteiger partial charge in [-0.25, -0.2) is 17.5 Å². The molecule has 0 N–H and O–H groups in total. The van der Waals surface area contributed by atoms with E-state index in [1.54, 1.807) is 21.1 Å². The molecule has 1 atom stereocenters. The molecule has 31 heavy (non-hydrogen) atoms. The van der Waals surface area contributed by atoms with E-state index in [4.69, 9.17) is 0 Å². The molecule has 2 heterocycles. The number of aromatic nitrogens is 2. The summed E-state index contributed by atoms with van der Waals surface area (Å²) >= 11 is 0. The van der Waals surface area contributed by atoms with Gasteiger partial charge in [-0.1, -0.05) is 12.8 Å². The summed E-state index contributed by atoms with van der Waals surface area (Å²) in [7, 11) is -3.20. The average Bonchev–Trinajstić information content (AvgIpc) is 3.44. The second-order valence-corrected chi connectivity index (χ2v) is 10.8. The van der Waals surface area contributed by atoms with Crippen LogP contribution in [0.1, 0.15) is 32.6 Å². The first-order chi connectivity index (χ1) is 14.9. The SMILES string of the molecule is CC1CN(S(=O)(=O)C2CCCC2)CCN1c1ccc2c(cnn2-c2ccc(F)cc2)c1. The molecule has 0 spiro atoms. The molecule has 0 radical (unpaired) electrons. The predicted octanol–water partition coefficient (Wildman–Crippen LogP) is 3.95. The Kier molecular flexibility index (Phi) is 5.22. The van der Waals surface area contributed by atoms with Crippen LogP contribution in [0.3, 0.4) is 0 Å². The molecule has 1 aliphatic heterocycles. The number of hydrogen-bond acceptors (Lipinski definition) is 4. The summed E-state index contributed by atoms with van der Waals surface area (Å²) in [4.78, 5) is 2.27. The van der Waals surface area contributed by atoms with Crippen molar-refractivity contribution in [1.29, 1.82) is 0 Å². The van der Waals surface area contributed by atoms with Gasteiger partial charge in [0.15, 0.2) is 0 Å². The Morgan fingerprint density at radius 3 is 2.42 bits per heavy atom. The maximum atomic E-state index is 13.3. The smallest absolute Gasteiger partial charge is 0.217 e. The third-order valence-corrected chi connectivity index (χ3v) is 8.99. The van der Waals surface area contributed by atoms with Crippen molar-refractivity contribution < 1.29 is 12.8 Å². The van der Waals surface area contributed by atoms with E-state index in [2.05, 4.69) is 29.1 Å². The van der Waals surface area contributed by atoms with E-state index in [-0.39, 0.29) is 17.1 Å². The van der Waals surface area contributed by atoms with Gasteiger partial charge < -0.3 is 4.90 Å². The lowest BCUT2D eigenvalue weighted by molar-refractivity contribution is 0.338. The van der Waals surface area contributed by atoms with Gasteiger partial charge in [-0.05, 0) is 62.2 Å². The van der Waals surface area contributed by atoms with Crippen LogP contribution in [0.4, 0.5) is 10.1 Å². The van der Waals surface area contributed by atoms with E-state index in [9.17, 15) is 12.8 Å². The van der Waals surface area contributed by atoms with Crippen LogP contribution in [0.25, 0.3) is 16.6 Å². The van der Waals surface area contributed by atoms with E-state index in [0.717, 1.165) is 48.0 Å². The van der Waals surface area contributed by atoms with Crippen LogP contribution >= 0.6 is 0 Å². The molecule has 5 rings (SSSR count). The zero-order valence-electron chi connectivity index (χ0n) is 17.6. The summed E-state index contributed by atoms with van der Waals surface area (Å²) in [6.45, 7) is 3.80. The Hall–Kier alpha value is -2.45. The first-order valence-electron chi connectivity index (χ1n) is 10.9. The van der Waals surface area contributed by atoms with Gasteiger partial charge in [0.1, 0.15) is 5.82 Å². The molecule has 0 amide bonds. The summed E-state index contributed by atoms with van der Waals surface area (Å²) in [5, 5.41) is 5.28. The van der Waals surface area contributed by atoms with E-state index in [0.29, 0.717) is 19.6 Å². The lowest BCUT2D eigenvalue weighted by Gasteiger charge is -2.41. The number of nitrogens with zero attached hydrogens (tertiary/aromatic N) is 4. The monoisotopic (exact) mass is 442 g/mol. The molecule has 2 aromatic carbocycles. The lowest BCUT2D eigenvalue weighted by atomic mass is 10.1. The van der Waals surface area contributed by atoms with Crippen LogP contribution in [-0.4, -0.2) is 53.4 Å². The Labute approximate surface area is 182 Å². The number of halogens is 1. The Morgan fingerprint density at radius 2 is 1.71 bits per heavy atom. The molecule has 1 aliphatic carbocycles. The van der Waals surface area contributed by atoms with Crippen LogP contribution in [0.5, 0.6) is 0 Å². The molecule has 2 aliphatic rings. The second kappa shape index (κ2) is 7.91. The minimum absolute atomic E-state index is 0.0921. The highest BCUT2D eigenvalue weighted by Gasteiger charge is 2.37. The first-order valence-corrected chi connectivity index (χ1v) is 12.4. The minimum atomic E-state index is -3.20. The standard InChI is InChI=1S/C23H27FN4O2S/c1-17-16-26(31(29,30)22-4-2-3-5-22)12-13-27(17)21-10-11-23-18(14-21)15-25-28(23)20-8-6-19(24)7-9-20/h6-11,14-15,17,22H,2-5,12-13,16H2,1H3. The van der Waals surface area contributed by atoms with Crippen molar-refractivity contribution in [3.63, 3.8) is 0 Å². The molecule has 1 saturated heterocycles. The summed E-state index contributed by atoms with van der Waals surface area (Å²) in [5.74, 6) is -0.273. The third kappa shape index (κ3) is 3.72. The lowest BCUT2D eigenvalue weighted by Crippen LogP contribution is -2.55. The molecule has 1 saturated carbocycles. The van der Waals surface area contributed by atoms with Crippen LogP contribution in [0.15, 0.2) is 48.7 Å². The Bertz CT molecular complexity index is 1190. The van der Waals surface area contributed by atoms with Gasteiger partial charge >= 0.3 is 0 Å². The highest BCUT2D eigenvalue weighted by molar-refractivity contribution is 7.89. The number of fused-ring (bicyclic) bond motifs is 1. The minimum Gasteiger partial charge on any atom is -0.366 e. The predicted molar refractivity (Wildman–Crippen MR) is 121 cm³/mol. The zero-order chi connectivity index (χ0) is 21.6. The fraction of sp³-hybridized carbons (Fsp3) is 0.435. The molecule has 1 aromatic heterocycles. The quantitative estimate of drug-likeness (QED) is 0.614. The van der Waals surface area contributed by atoms with Crippen LogP contribution in [0, 0.1) is 5.82 Å². The van der Waals surface area contributed by atoms with Crippen molar-refractivity contribution in [1.82, 2.24) is 14.1 Å². The fourth-order valence-electron chi connectivity index (χ4n) is 4.92. The molecule has 164 valence electrons. The van der Waals surface area contributed by atoms with Crippen LogP contribution in [-0.2, 0) is 10.0 Å². The molecule has 2 fully saturated rings. The van der Waals surface area contributed by atoms with Gasteiger partial charge in [-0.15, -0.1) is 0 Å². The van der Waals surface area contributed by atoms with E-state index in [1.807, 2.05) is 12.3 Å². The largest absolute Gasteiger partial charge is 0.366 e. The van der Waals surface area contributed by atoms with Crippen LogP contribution < -0.4 is 4.90 Å². The molecule has 8 heteroatoms. The van der Waals surface area contributed by atoms with E-state index >= 15 is 0 Å². The van der Waals surface area contributed by atoms with Gasteiger partial charge in [0.25, 0.3) is 0 Å². The maximum absolute atomic E-state index is 13.3. The number of rotatable bonds is 4. The molecule has 0 bridgehead atoms. The average molecular weight is 443 g/mol. The van der Waals surface area contributed by atoms with Gasteiger partial charge in [0, 0.05) is 36.7 Å². The summed E-state index contributed by atoms with van der Waals surface area (Å²) < 4.78 is 42.7. The normalized spacial score (nSPS) is 21.2. The fourth-order valence-corrected chi connectivity index (χ4v) is 7.03. The van der Waals surface area contributed by atoms with Crippen molar-refractivity contribution in [2.45, 2.75) is 43.9 Å². The number of sulfonamides is 1. The number of hydrogen-bond donors (Lipinski definition) is 0. The van der Waals surface area contributed by atoms with Crippen molar-refractivity contribution in [2.75, 3.05) is 24.5 Å². The van der Waals surface area contributed by atoms with Gasteiger partial charge in [0.05, 0.1) is 22.7 Å². The number of piperazine rings is 1. The molecular formula is C23H27FN4O2S. The molecule has 3 aromatic rings. The maximum Gasteiger partial charge on any atom is 0.217 e. The van der Waals surface area contributed by atoms with Crippen molar-refractivity contribution in [3.05, 3.63) is 54.5 Å². The van der Waals surface area contributed by atoms with Gasteiger partial charge in [-0.3, -0.25) is 0 Å². The van der Waals surface area contributed by atoms with E-state index < -0.39 is 10.0 Å². The molecular weight excluding hydrogens is 415 g/mol. The summed E-state index contributed by atoms with van der Waals surface area (Å²) in [6, 6.07) is 12.5.